The van der Waals surface area contributed by atoms with Gasteiger partial charge in [0.1, 0.15) is 17.4 Å². The summed E-state index contributed by atoms with van der Waals surface area (Å²) in [6.45, 7) is 1.59. The Morgan fingerprint density at radius 3 is 2.62 bits per heavy atom. The van der Waals surface area contributed by atoms with E-state index in [1.165, 1.54) is 6.07 Å². The number of methoxy groups -OCH3 is 1. The summed E-state index contributed by atoms with van der Waals surface area (Å²) < 4.78 is 32.5. The van der Waals surface area contributed by atoms with Gasteiger partial charge in [-0.15, -0.1) is 0 Å². The lowest BCUT2D eigenvalue weighted by molar-refractivity contribution is 0.413. The molecule has 112 valence electrons. The summed E-state index contributed by atoms with van der Waals surface area (Å²) in [4.78, 5) is 0. The van der Waals surface area contributed by atoms with Gasteiger partial charge < -0.3 is 4.74 Å². The van der Waals surface area contributed by atoms with Crippen LogP contribution in [0.3, 0.4) is 0 Å². The fourth-order valence-electron chi connectivity index (χ4n) is 2.24. The van der Waals surface area contributed by atoms with Gasteiger partial charge in [-0.05, 0) is 42.7 Å². The van der Waals surface area contributed by atoms with E-state index in [0.29, 0.717) is 17.5 Å². The molecule has 0 aliphatic carbocycles. The molecule has 0 heterocycles. The highest BCUT2D eigenvalue weighted by molar-refractivity contribution is 5.32. The summed E-state index contributed by atoms with van der Waals surface area (Å²) >= 11 is 0. The summed E-state index contributed by atoms with van der Waals surface area (Å²) in [5, 5.41) is 0. The summed E-state index contributed by atoms with van der Waals surface area (Å²) in [5.74, 6) is 5.09. The third-order valence-electron chi connectivity index (χ3n) is 3.43. The zero-order valence-electron chi connectivity index (χ0n) is 12.0. The summed E-state index contributed by atoms with van der Waals surface area (Å²) in [5.41, 5.74) is 4.26. The molecule has 0 fully saturated rings. The molecular weight excluding hydrogens is 274 g/mol. The minimum Gasteiger partial charge on any atom is -0.497 e. The van der Waals surface area contributed by atoms with E-state index in [4.69, 9.17) is 10.6 Å². The average molecular weight is 292 g/mol. The van der Waals surface area contributed by atoms with E-state index in [1.54, 1.807) is 14.0 Å². The topological polar surface area (TPSA) is 47.3 Å². The van der Waals surface area contributed by atoms with Crippen molar-refractivity contribution in [3.05, 3.63) is 64.7 Å². The lowest BCUT2D eigenvalue weighted by Crippen LogP contribution is -2.30. The van der Waals surface area contributed by atoms with Gasteiger partial charge in [-0.25, -0.2) is 8.78 Å². The first-order valence-electron chi connectivity index (χ1n) is 6.59. The number of aryl methyl sites for hydroxylation is 1. The van der Waals surface area contributed by atoms with Crippen molar-refractivity contribution in [1.29, 1.82) is 0 Å². The largest absolute Gasteiger partial charge is 0.497 e. The van der Waals surface area contributed by atoms with Gasteiger partial charge in [0.15, 0.2) is 0 Å². The number of nitrogens with one attached hydrogen (secondary N) is 1. The summed E-state index contributed by atoms with van der Waals surface area (Å²) in [6.07, 6.45) is 0.468. The van der Waals surface area contributed by atoms with Crippen LogP contribution < -0.4 is 16.0 Å². The lowest BCUT2D eigenvalue weighted by Gasteiger charge is -2.18. The number of hydrogen-bond acceptors (Lipinski definition) is 3. The highest BCUT2D eigenvalue weighted by Crippen LogP contribution is 2.24. The molecule has 0 amide bonds. The molecule has 21 heavy (non-hydrogen) atoms. The van der Waals surface area contributed by atoms with Crippen molar-refractivity contribution in [2.24, 2.45) is 5.84 Å². The van der Waals surface area contributed by atoms with Gasteiger partial charge in [-0.3, -0.25) is 11.3 Å². The first-order valence-corrected chi connectivity index (χ1v) is 6.59. The second-order valence-electron chi connectivity index (χ2n) is 4.90. The van der Waals surface area contributed by atoms with Gasteiger partial charge in [0.05, 0.1) is 13.2 Å². The van der Waals surface area contributed by atoms with E-state index in [2.05, 4.69) is 5.43 Å². The van der Waals surface area contributed by atoms with Gasteiger partial charge in [-0.2, -0.15) is 0 Å². The second-order valence-corrected chi connectivity index (χ2v) is 4.90. The van der Waals surface area contributed by atoms with Crippen LogP contribution in [0.5, 0.6) is 5.75 Å². The maximum Gasteiger partial charge on any atom is 0.130 e. The van der Waals surface area contributed by atoms with E-state index < -0.39 is 17.7 Å². The van der Waals surface area contributed by atoms with Gasteiger partial charge in [-0.1, -0.05) is 12.1 Å². The molecule has 3 N–H and O–H groups in total. The van der Waals surface area contributed by atoms with E-state index in [0.717, 1.165) is 17.4 Å². The molecule has 0 radical (unpaired) electrons. The number of halogens is 2. The smallest absolute Gasteiger partial charge is 0.130 e. The van der Waals surface area contributed by atoms with E-state index >= 15 is 0 Å². The van der Waals surface area contributed by atoms with Crippen LogP contribution in [0.2, 0.25) is 0 Å². The fourth-order valence-corrected chi connectivity index (χ4v) is 2.24. The molecule has 0 saturated carbocycles. The molecule has 1 unspecified atom stereocenters. The first-order chi connectivity index (χ1) is 10.0. The van der Waals surface area contributed by atoms with Gasteiger partial charge in [0, 0.05) is 11.6 Å². The van der Waals surface area contributed by atoms with Crippen molar-refractivity contribution in [2.75, 3.05) is 7.11 Å². The number of benzene rings is 2. The van der Waals surface area contributed by atoms with Crippen molar-refractivity contribution in [2.45, 2.75) is 19.4 Å². The van der Waals surface area contributed by atoms with Crippen LogP contribution in [-0.2, 0) is 6.42 Å². The zero-order chi connectivity index (χ0) is 15.4. The molecule has 3 nitrogen and oxygen atoms in total. The molecule has 1 atom stereocenters. The zero-order valence-corrected chi connectivity index (χ0v) is 12.0. The molecule has 0 aromatic heterocycles. The third kappa shape index (κ3) is 3.56. The summed E-state index contributed by atoms with van der Waals surface area (Å²) in [7, 11) is 1.58. The maximum absolute atomic E-state index is 14.0. The van der Waals surface area contributed by atoms with Gasteiger partial charge >= 0.3 is 0 Å². The highest BCUT2D eigenvalue weighted by Gasteiger charge is 2.17. The number of rotatable bonds is 5. The Hall–Kier alpha value is -1.98. The van der Waals surface area contributed by atoms with E-state index in [1.807, 2.05) is 24.3 Å². The Labute approximate surface area is 122 Å². The Bertz CT molecular complexity index is 632. The van der Waals surface area contributed by atoms with Crippen molar-refractivity contribution < 1.29 is 13.5 Å². The summed E-state index contributed by atoms with van der Waals surface area (Å²) in [6, 6.07) is 9.37. The lowest BCUT2D eigenvalue weighted by atomic mass is 9.97. The predicted octanol–water partition coefficient (Wildman–Crippen LogP) is 3.03. The Morgan fingerprint density at radius 1 is 1.19 bits per heavy atom. The number of hydrazine groups is 1. The number of nitrogens with two attached hydrogens (primary N) is 1. The standard InChI is InChI=1S/C16H18F2N2O/c1-10-6-13(15(18)9-14(10)17)16(20-19)8-11-4-3-5-12(7-11)21-2/h3-7,9,16,20H,8,19H2,1-2H3. The van der Waals surface area contributed by atoms with Gasteiger partial charge in [0.2, 0.25) is 0 Å². The molecule has 2 aromatic rings. The van der Waals surface area contributed by atoms with Crippen molar-refractivity contribution in [1.82, 2.24) is 5.43 Å². The minimum absolute atomic E-state index is 0.346. The first kappa shape index (κ1) is 15.4. The molecule has 2 aromatic carbocycles. The van der Waals surface area contributed by atoms with Crippen LogP contribution in [0.1, 0.15) is 22.7 Å². The Kier molecular flexibility index (Phi) is 4.88. The van der Waals surface area contributed by atoms with Crippen molar-refractivity contribution in [3.63, 3.8) is 0 Å². The SMILES string of the molecule is COc1cccc(CC(NN)c2cc(C)c(F)cc2F)c1. The maximum atomic E-state index is 14.0. The van der Waals surface area contributed by atoms with E-state index in [-0.39, 0.29) is 0 Å². The van der Waals surface area contributed by atoms with Gasteiger partial charge in [0.25, 0.3) is 0 Å². The average Bonchev–Trinajstić information content (AvgIpc) is 2.49. The third-order valence-corrected chi connectivity index (χ3v) is 3.43. The molecule has 5 heteroatoms. The molecule has 0 aliphatic rings. The number of hydrogen-bond donors (Lipinski definition) is 2. The monoisotopic (exact) mass is 292 g/mol. The predicted molar refractivity (Wildman–Crippen MR) is 77.9 cm³/mol. The minimum atomic E-state index is -0.607. The number of ether oxygens (including phenoxy) is 1. The normalized spacial score (nSPS) is 12.2. The van der Waals surface area contributed by atoms with Crippen molar-refractivity contribution >= 4 is 0 Å². The van der Waals surface area contributed by atoms with Crippen LogP contribution in [0.15, 0.2) is 36.4 Å². The van der Waals surface area contributed by atoms with Crippen LogP contribution >= 0.6 is 0 Å². The van der Waals surface area contributed by atoms with E-state index in [9.17, 15) is 8.78 Å². The molecule has 0 saturated heterocycles. The molecule has 0 spiro atoms. The molecule has 0 aliphatic heterocycles. The second kappa shape index (κ2) is 6.65. The molecule has 2 rings (SSSR count). The quantitative estimate of drug-likeness (QED) is 0.658. The Balaban J connectivity index is 2.29. The highest BCUT2D eigenvalue weighted by atomic mass is 19.1. The van der Waals surface area contributed by atoms with Crippen LogP contribution in [0, 0.1) is 18.6 Å². The Morgan fingerprint density at radius 2 is 1.95 bits per heavy atom. The molecule has 0 bridgehead atoms. The molecular formula is C16H18F2N2O. The van der Waals surface area contributed by atoms with Crippen LogP contribution in [-0.4, -0.2) is 7.11 Å². The van der Waals surface area contributed by atoms with Crippen molar-refractivity contribution in [3.8, 4) is 5.75 Å². The van der Waals surface area contributed by atoms with Crippen LogP contribution in [0.25, 0.3) is 0 Å². The van der Waals surface area contributed by atoms with Crippen LogP contribution in [0.4, 0.5) is 8.78 Å². The fraction of sp³-hybridized carbons (Fsp3) is 0.250.